The molecule has 1 aromatic heterocycles. The summed E-state index contributed by atoms with van der Waals surface area (Å²) >= 11 is 4.83. The minimum atomic E-state index is -0.220. The number of benzene rings is 1. The maximum Gasteiger partial charge on any atom is 0.123 e. The van der Waals surface area contributed by atoms with E-state index in [0.717, 1.165) is 20.6 Å². The van der Waals surface area contributed by atoms with Crippen LogP contribution >= 0.6 is 27.5 Å². The van der Waals surface area contributed by atoms with Crippen LogP contribution in [0.5, 0.6) is 0 Å². The van der Waals surface area contributed by atoms with E-state index in [1.165, 1.54) is 17.6 Å². The van der Waals surface area contributed by atoms with Crippen molar-refractivity contribution in [3.63, 3.8) is 0 Å². The van der Waals surface area contributed by atoms with Crippen LogP contribution in [0.1, 0.15) is 22.2 Å². The first kappa shape index (κ1) is 13.6. The Labute approximate surface area is 118 Å². The Morgan fingerprint density at radius 1 is 1.50 bits per heavy atom. The van der Waals surface area contributed by atoms with Gasteiger partial charge in [-0.3, -0.25) is 0 Å². The zero-order valence-corrected chi connectivity index (χ0v) is 12.5. The second-order valence-electron chi connectivity index (χ2n) is 4.00. The van der Waals surface area contributed by atoms with Gasteiger partial charge in [-0.05, 0) is 55.7 Å². The molecule has 0 radical (unpaired) electrons. The smallest absolute Gasteiger partial charge is 0.123 e. The summed E-state index contributed by atoms with van der Waals surface area (Å²) in [6.07, 6.45) is 0.694. The third-order valence-electron chi connectivity index (χ3n) is 2.78. The summed E-state index contributed by atoms with van der Waals surface area (Å²) in [5.41, 5.74) is 1.86. The first-order valence-corrected chi connectivity index (χ1v) is 7.08. The molecule has 1 unspecified atom stereocenters. The lowest BCUT2D eigenvalue weighted by molar-refractivity contribution is 0.587. The van der Waals surface area contributed by atoms with Crippen LogP contribution in [0.4, 0.5) is 4.39 Å². The zero-order chi connectivity index (χ0) is 13.1. The minimum absolute atomic E-state index is 0.100. The van der Waals surface area contributed by atoms with E-state index in [0.29, 0.717) is 6.42 Å². The molecule has 6 heteroatoms. The predicted octanol–water partition coefficient (Wildman–Crippen LogP) is 3.25. The number of hydrogen-bond acceptors (Lipinski definition) is 4. The van der Waals surface area contributed by atoms with Crippen LogP contribution in [0.25, 0.3) is 0 Å². The van der Waals surface area contributed by atoms with Crippen LogP contribution in [-0.2, 0) is 6.42 Å². The van der Waals surface area contributed by atoms with Gasteiger partial charge in [0.25, 0.3) is 0 Å². The van der Waals surface area contributed by atoms with E-state index in [2.05, 4.69) is 30.8 Å². The predicted molar refractivity (Wildman–Crippen MR) is 74.3 cm³/mol. The highest BCUT2D eigenvalue weighted by atomic mass is 79.9. The van der Waals surface area contributed by atoms with Crippen LogP contribution in [0, 0.1) is 12.7 Å². The number of nitrogens with one attached hydrogen (secondary N) is 1. The average Bonchev–Trinajstić information content (AvgIpc) is 2.77. The summed E-state index contributed by atoms with van der Waals surface area (Å²) in [7, 11) is 1.89. The van der Waals surface area contributed by atoms with E-state index >= 15 is 0 Å². The third-order valence-corrected chi connectivity index (χ3v) is 4.50. The summed E-state index contributed by atoms with van der Waals surface area (Å²) in [6, 6.07) is 4.83. The normalized spacial score (nSPS) is 12.7. The Morgan fingerprint density at radius 2 is 2.28 bits per heavy atom. The number of aromatic nitrogens is 2. The lowest BCUT2D eigenvalue weighted by atomic mass is 10.0. The molecule has 0 aliphatic rings. The molecule has 1 N–H and O–H groups in total. The summed E-state index contributed by atoms with van der Waals surface area (Å²) in [4.78, 5) is 1.09. The number of nitrogens with zero attached hydrogens (tertiary/aromatic N) is 2. The van der Waals surface area contributed by atoms with Gasteiger partial charge in [0.1, 0.15) is 5.82 Å². The SMILES string of the molecule is CNC(Cc1cc(F)ccc1Br)c1snnc1C. The molecule has 0 fully saturated rings. The first-order valence-electron chi connectivity index (χ1n) is 5.52. The number of likely N-dealkylation sites (N-methyl/N-ethyl adjacent to an activating group) is 1. The maximum atomic E-state index is 13.3. The highest BCUT2D eigenvalue weighted by molar-refractivity contribution is 9.10. The minimum Gasteiger partial charge on any atom is -0.312 e. The van der Waals surface area contributed by atoms with Crippen LogP contribution in [0.3, 0.4) is 0 Å². The van der Waals surface area contributed by atoms with Crippen molar-refractivity contribution in [1.82, 2.24) is 14.9 Å². The zero-order valence-electron chi connectivity index (χ0n) is 10.1. The van der Waals surface area contributed by atoms with Gasteiger partial charge in [0.05, 0.1) is 10.6 Å². The fourth-order valence-corrected chi connectivity index (χ4v) is 2.96. The van der Waals surface area contributed by atoms with Gasteiger partial charge in [0.2, 0.25) is 0 Å². The molecule has 0 aliphatic heterocycles. The molecule has 1 aromatic carbocycles. The number of rotatable bonds is 4. The Balaban J connectivity index is 2.26. The second kappa shape index (κ2) is 5.86. The molecular formula is C12H13BrFN3S. The molecule has 2 rings (SSSR count). The molecule has 0 saturated carbocycles. The fourth-order valence-electron chi connectivity index (χ4n) is 1.80. The standard InChI is InChI=1S/C12H13BrFN3S/c1-7-12(18-17-16-7)11(15-2)6-8-5-9(14)3-4-10(8)13/h3-5,11,15H,6H2,1-2H3. The van der Waals surface area contributed by atoms with E-state index in [9.17, 15) is 4.39 Å². The summed E-state index contributed by atoms with van der Waals surface area (Å²) in [5.74, 6) is -0.220. The average molecular weight is 330 g/mol. The molecule has 0 amide bonds. The Morgan fingerprint density at radius 3 is 2.89 bits per heavy atom. The van der Waals surface area contributed by atoms with Gasteiger partial charge in [-0.15, -0.1) is 5.10 Å². The third kappa shape index (κ3) is 2.93. The molecule has 0 spiro atoms. The van der Waals surface area contributed by atoms with E-state index in [1.807, 2.05) is 14.0 Å². The molecule has 1 atom stereocenters. The van der Waals surface area contributed by atoms with Crippen LogP contribution in [0.15, 0.2) is 22.7 Å². The second-order valence-corrected chi connectivity index (χ2v) is 5.64. The van der Waals surface area contributed by atoms with Crippen LogP contribution in [0.2, 0.25) is 0 Å². The van der Waals surface area contributed by atoms with Crippen molar-refractivity contribution in [2.45, 2.75) is 19.4 Å². The van der Waals surface area contributed by atoms with E-state index in [-0.39, 0.29) is 11.9 Å². The molecule has 3 nitrogen and oxygen atoms in total. The fraction of sp³-hybridized carbons (Fsp3) is 0.333. The first-order chi connectivity index (χ1) is 8.61. The molecule has 0 saturated heterocycles. The molecule has 0 aliphatic carbocycles. The van der Waals surface area contributed by atoms with Gasteiger partial charge >= 0.3 is 0 Å². The molecule has 2 aromatic rings. The quantitative estimate of drug-likeness (QED) is 0.935. The summed E-state index contributed by atoms with van der Waals surface area (Å²) < 4.78 is 18.1. The van der Waals surface area contributed by atoms with Gasteiger partial charge in [-0.2, -0.15) is 0 Å². The highest BCUT2D eigenvalue weighted by Gasteiger charge is 2.17. The van der Waals surface area contributed by atoms with Gasteiger partial charge in [-0.1, -0.05) is 20.4 Å². The van der Waals surface area contributed by atoms with Crippen molar-refractivity contribution in [1.29, 1.82) is 0 Å². The molecule has 18 heavy (non-hydrogen) atoms. The maximum absolute atomic E-state index is 13.3. The van der Waals surface area contributed by atoms with Crippen molar-refractivity contribution in [3.05, 3.63) is 44.6 Å². The van der Waals surface area contributed by atoms with Crippen LogP contribution in [-0.4, -0.2) is 16.6 Å². The summed E-state index contributed by atoms with van der Waals surface area (Å²) in [5, 5.41) is 7.24. The van der Waals surface area contributed by atoms with Crippen molar-refractivity contribution < 1.29 is 4.39 Å². The number of hydrogen-bond donors (Lipinski definition) is 1. The largest absolute Gasteiger partial charge is 0.312 e. The molecule has 1 heterocycles. The molecule has 96 valence electrons. The van der Waals surface area contributed by atoms with Gasteiger partial charge < -0.3 is 5.32 Å². The Bertz CT molecular complexity index is 544. The monoisotopic (exact) mass is 329 g/mol. The number of halogens is 2. The topological polar surface area (TPSA) is 37.8 Å². The Kier molecular flexibility index (Phi) is 4.42. The van der Waals surface area contributed by atoms with Gasteiger partial charge in [-0.25, -0.2) is 4.39 Å². The van der Waals surface area contributed by atoms with Crippen molar-refractivity contribution >= 4 is 27.5 Å². The van der Waals surface area contributed by atoms with Gasteiger partial charge in [0, 0.05) is 10.5 Å². The molecular weight excluding hydrogens is 317 g/mol. The lowest BCUT2D eigenvalue weighted by Crippen LogP contribution is -2.19. The van der Waals surface area contributed by atoms with Crippen molar-refractivity contribution in [3.8, 4) is 0 Å². The van der Waals surface area contributed by atoms with Gasteiger partial charge in [0.15, 0.2) is 0 Å². The van der Waals surface area contributed by atoms with E-state index in [4.69, 9.17) is 0 Å². The Hall–Kier alpha value is -0.850. The summed E-state index contributed by atoms with van der Waals surface area (Å²) in [6.45, 7) is 1.93. The highest BCUT2D eigenvalue weighted by Crippen LogP contribution is 2.27. The number of aryl methyl sites for hydroxylation is 1. The van der Waals surface area contributed by atoms with Crippen molar-refractivity contribution in [2.75, 3.05) is 7.05 Å². The van der Waals surface area contributed by atoms with Crippen LogP contribution < -0.4 is 5.32 Å². The molecule has 0 bridgehead atoms. The van der Waals surface area contributed by atoms with E-state index in [1.54, 1.807) is 12.1 Å². The van der Waals surface area contributed by atoms with Crippen molar-refractivity contribution in [2.24, 2.45) is 0 Å². The van der Waals surface area contributed by atoms with E-state index < -0.39 is 0 Å². The lowest BCUT2D eigenvalue weighted by Gasteiger charge is -2.15.